The number of nitrogens with two attached hydrogens (primary N) is 1. The molecule has 0 aromatic heterocycles. The van der Waals surface area contributed by atoms with Gasteiger partial charge in [0.05, 0.1) is 0 Å². The van der Waals surface area contributed by atoms with E-state index in [-0.39, 0.29) is 5.91 Å². The number of piperazine rings is 1. The van der Waals surface area contributed by atoms with Crippen LogP contribution in [-0.2, 0) is 4.79 Å². The third-order valence-corrected chi connectivity index (χ3v) is 2.75. The van der Waals surface area contributed by atoms with Gasteiger partial charge in [-0.25, -0.2) is 0 Å². The molecular formula is C10H21N3O. The number of hydrogen-bond acceptors (Lipinski definition) is 3. The summed E-state index contributed by atoms with van der Waals surface area (Å²) in [4.78, 5) is 15.4. The van der Waals surface area contributed by atoms with E-state index in [0.717, 1.165) is 45.7 Å². The summed E-state index contributed by atoms with van der Waals surface area (Å²) in [5.41, 5.74) is 5.43. The summed E-state index contributed by atoms with van der Waals surface area (Å²) in [5.74, 6) is 0.201. The second-order valence-electron chi connectivity index (χ2n) is 3.84. The molecule has 1 heterocycles. The number of unbranched alkanes of at least 4 members (excludes halogenated alkanes) is 1. The van der Waals surface area contributed by atoms with Gasteiger partial charge in [-0.3, -0.25) is 9.69 Å². The highest BCUT2D eigenvalue weighted by Crippen LogP contribution is 2.03. The van der Waals surface area contributed by atoms with Gasteiger partial charge in [0.15, 0.2) is 0 Å². The fraction of sp³-hybridized carbons (Fsp3) is 0.900. The average Bonchev–Trinajstić information content (AvgIpc) is 2.19. The molecule has 1 saturated heterocycles. The average molecular weight is 199 g/mol. The van der Waals surface area contributed by atoms with E-state index in [1.54, 1.807) is 6.92 Å². The molecule has 0 atom stereocenters. The summed E-state index contributed by atoms with van der Waals surface area (Å²) in [7, 11) is 0. The number of hydrogen-bond donors (Lipinski definition) is 1. The number of rotatable bonds is 4. The summed E-state index contributed by atoms with van der Waals surface area (Å²) < 4.78 is 0. The second-order valence-corrected chi connectivity index (χ2v) is 3.84. The third-order valence-electron chi connectivity index (χ3n) is 2.75. The molecule has 0 aromatic rings. The van der Waals surface area contributed by atoms with Crippen LogP contribution in [-0.4, -0.2) is 55.0 Å². The number of nitrogens with zero attached hydrogens (tertiary/aromatic N) is 2. The van der Waals surface area contributed by atoms with Crippen molar-refractivity contribution in [3.8, 4) is 0 Å². The molecule has 0 bridgehead atoms. The fourth-order valence-corrected chi connectivity index (χ4v) is 1.77. The molecule has 4 nitrogen and oxygen atoms in total. The molecule has 1 aliphatic rings. The van der Waals surface area contributed by atoms with Crippen molar-refractivity contribution in [1.82, 2.24) is 9.80 Å². The Labute approximate surface area is 86.0 Å². The van der Waals surface area contributed by atoms with E-state index in [0.29, 0.717) is 0 Å². The topological polar surface area (TPSA) is 49.6 Å². The Balaban J connectivity index is 2.12. The van der Waals surface area contributed by atoms with Crippen LogP contribution in [0.3, 0.4) is 0 Å². The van der Waals surface area contributed by atoms with Crippen LogP contribution in [0.1, 0.15) is 19.8 Å². The van der Waals surface area contributed by atoms with Crippen LogP contribution in [0.25, 0.3) is 0 Å². The Morgan fingerprint density at radius 3 is 2.36 bits per heavy atom. The van der Waals surface area contributed by atoms with Crippen molar-refractivity contribution in [2.24, 2.45) is 5.73 Å². The van der Waals surface area contributed by atoms with Gasteiger partial charge in [-0.15, -0.1) is 0 Å². The van der Waals surface area contributed by atoms with Crippen molar-refractivity contribution >= 4 is 5.91 Å². The third kappa shape index (κ3) is 3.64. The molecule has 2 N–H and O–H groups in total. The smallest absolute Gasteiger partial charge is 0.219 e. The van der Waals surface area contributed by atoms with Gasteiger partial charge >= 0.3 is 0 Å². The minimum Gasteiger partial charge on any atom is -0.340 e. The van der Waals surface area contributed by atoms with Crippen LogP contribution in [0.15, 0.2) is 0 Å². The molecule has 1 fully saturated rings. The molecule has 0 spiro atoms. The summed E-state index contributed by atoms with van der Waals surface area (Å²) in [5, 5.41) is 0. The maximum atomic E-state index is 11.1. The first-order valence-electron chi connectivity index (χ1n) is 5.42. The van der Waals surface area contributed by atoms with Gasteiger partial charge < -0.3 is 10.6 Å². The van der Waals surface area contributed by atoms with Gasteiger partial charge in [-0.05, 0) is 25.9 Å². The minimum atomic E-state index is 0.201. The monoisotopic (exact) mass is 199 g/mol. The quantitative estimate of drug-likeness (QED) is 0.643. The highest BCUT2D eigenvalue weighted by atomic mass is 16.2. The summed E-state index contributed by atoms with van der Waals surface area (Å²) >= 11 is 0. The normalized spacial score (nSPS) is 18.6. The molecule has 82 valence electrons. The van der Waals surface area contributed by atoms with Gasteiger partial charge in [0.25, 0.3) is 0 Å². The second kappa shape index (κ2) is 5.98. The molecule has 14 heavy (non-hydrogen) atoms. The SMILES string of the molecule is CC(=O)N1CCN(CCCCN)CC1. The zero-order chi connectivity index (χ0) is 10.4. The molecule has 0 radical (unpaired) electrons. The first-order chi connectivity index (χ1) is 6.74. The molecule has 0 aliphatic carbocycles. The van der Waals surface area contributed by atoms with E-state index < -0.39 is 0 Å². The van der Waals surface area contributed by atoms with Gasteiger partial charge in [0, 0.05) is 33.1 Å². The van der Waals surface area contributed by atoms with E-state index in [1.165, 1.54) is 6.42 Å². The minimum absolute atomic E-state index is 0.201. The fourth-order valence-electron chi connectivity index (χ4n) is 1.77. The van der Waals surface area contributed by atoms with Gasteiger partial charge in [0.2, 0.25) is 5.91 Å². The summed E-state index contributed by atoms with van der Waals surface area (Å²) in [6.07, 6.45) is 2.28. The summed E-state index contributed by atoms with van der Waals surface area (Å²) in [6, 6.07) is 0. The molecule has 0 saturated carbocycles. The van der Waals surface area contributed by atoms with Crippen LogP contribution >= 0.6 is 0 Å². The Hall–Kier alpha value is -0.610. The van der Waals surface area contributed by atoms with E-state index in [4.69, 9.17) is 5.73 Å². The van der Waals surface area contributed by atoms with Crippen molar-refractivity contribution in [2.45, 2.75) is 19.8 Å². The van der Waals surface area contributed by atoms with Crippen molar-refractivity contribution in [3.63, 3.8) is 0 Å². The predicted molar refractivity (Wildman–Crippen MR) is 57.0 cm³/mol. The van der Waals surface area contributed by atoms with E-state index in [9.17, 15) is 4.79 Å². The van der Waals surface area contributed by atoms with Crippen molar-refractivity contribution in [2.75, 3.05) is 39.3 Å². The molecule has 1 amide bonds. The lowest BCUT2D eigenvalue weighted by Gasteiger charge is -2.34. The predicted octanol–water partition coefficient (Wildman–Crippen LogP) is -0.111. The van der Waals surface area contributed by atoms with E-state index >= 15 is 0 Å². The van der Waals surface area contributed by atoms with Gasteiger partial charge in [0.1, 0.15) is 0 Å². The molecule has 4 heteroatoms. The van der Waals surface area contributed by atoms with E-state index in [1.807, 2.05) is 4.90 Å². The van der Waals surface area contributed by atoms with Crippen LogP contribution < -0.4 is 5.73 Å². The Bertz CT molecular complexity index is 176. The summed E-state index contributed by atoms with van der Waals surface area (Å²) in [6.45, 7) is 7.37. The Kier molecular flexibility index (Phi) is 4.90. The molecule has 1 rings (SSSR count). The molecular weight excluding hydrogens is 178 g/mol. The van der Waals surface area contributed by atoms with Crippen LogP contribution in [0.4, 0.5) is 0 Å². The van der Waals surface area contributed by atoms with Crippen LogP contribution in [0.2, 0.25) is 0 Å². The Morgan fingerprint density at radius 1 is 1.21 bits per heavy atom. The van der Waals surface area contributed by atoms with Gasteiger partial charge in [-0.2, -0.15) is 0 Å². The molecule has 1 aliphatic heterocycles. The standard InChI is InChI=1S/C10H21N3O/c1-10(14)13-8-6-12(7-9-13)5-3-2-4-11/h2-9,11H2,1H3. The first-order valence-corrected chi connectivity index (χ1v) is 5.42. The Morgan fingerprint density at radius 2 is 1.86 bits per heavy atom. The lowest BCUT2D eigenvalue weighted by atomic mass is 10.2. The van der Waals surface area contributed by atoms with Crippen LogP contribution in [0.5, 0.6) is 0 Å². The lowest BCUT2D eigenvalue weighted by Crippen LogP contribution is -2.48. The largest absolute Gasteiger partial charge is 0.340 e. The van der Waals surface area contributed by atoms with Crippen molar-refractivity contribution in [1.29, 1.82) is 0 Å². The maximum Gasteiger partial charge on any atom is 0.219 e. The van der Waals surface area contributed by atoms with E-state index in [2.05, 4.69) is 4.90 Å². The van der Waals surface area contributed by atoms with Gasteiger partial charge in [-0.1, -0.05) is 0 Å². The zero-order valence-corrected chi connectivity index (χ0v) is 9.04. The molecule has 0 unspecified atom stereocenters. The van der Waals surface area contributed by atoms with Crippen molar-refractivity contribution in [3.05, 3.63) is 0 Å². The number of carbonyl (C=O) groups excluding carboxylic acids is 1. The number of amides is 1. The number of carbonyl (C=O) groups is 1. The zero-order valence-electron chi connectivity index (χ0n) is 9.04. The maximum absolute atomic E-state index is 11.1. The van der Waals surface area contributed by atoms with Crippen LogP contribution in [0, 0.1) is 0 Å². The molecule has 0 aromatic carbocycles. The first kappa shape index (κ1) is 11.5. The highest BCUT2D eigenvalue weighted by Gasteiger charge is 2.17. The lowest BCUT2D eigenvalue weighted by molar-refractivity contribution is -0.130. The van der Waals surface area contributed by atoms with Crippen molar-refractivity contribution < 1.29 is 4.79 Å². The highest BCUT2D eigenvalue weighted by molar-refractivity contribution is 5.73.